The monoisotopic (exact) mass is 421 g/mol. The number of hydrogen-bond donors (Lipinski definition) is 1. The van der Waals surface area contributed by atoms with Gasteiger partial charge in [0.05, 0.1) is 17.5 Å². The average Bonchev–Trinajstić information content (AvgIpc) is 3.31. The Labute approximate surface area is 180 Å². The van der Waals surface area contributed by atoms with E-state index in [2.05, 4.69) is 5.32 Å². The molecule has 0 saturated heterocycles. The Kier molecular flexibility index (Phi) is 7.75. The third kappa shape index (κ3) is 5.69. The lowest BCUT2D eigenvalue weighted by molar-refractivity contribution is -0.119. The first-order valence-electron chi connectivity index (χ1n) is 9.53. The van der Waals surface area contributed by atoms with Gasteiger partial charge < -0.3 is 23.9 Å². The summed E-state index contributed by atoms with van der Waals surface area (Å²) < 4.78 is 21.1. The van der Waals surface area contributed by atoms with Gasteiger partial charge in [-0.25, -0.2) is 0 Å². The van der Waals surface area contributed by atoms with Crippen LogP contribution >= 0.6 is 0 Å². The predicted molar refractivity (Wildman–Crippen MR) is 117 cm³/mol. The normalized spacial score (nSPS) is 10.9. The van der Waals surface area contributed by atoms with E-state index in [0.717, 1.165) is 0 Å². The quantitative estimate of drug-likeness (QED) is 0.389. The SMILES string of the molecule is COCOc1c(C=Cc2ccco2)ccc(NC(=O)COC)c1C(=O)c1ccccc1. The zero-order chi connectivity index (χ0) is 22.1. The van der Waals surface area contributed by atoms with E-state index in [0.29, 0.717) is 22.6 Å². The van der Waals surface area contributed by atoms with Crippen LogP contribution < -0.4 is 10.1 Å². The molecular formula is C24H23NO6. The summed E-state index contributed by atoms with van der Waals surface area (Å²) in [6.07, 6.45) is 5.10. The smallest absolute Gasteiger partial charge is 0.250 e. The second kappa shape index (κ2) is 10.9. The maximum Gasteiger partial charge on any atom is 0.250 e. The highest BCUT2D eigenvalue weighted by molar-refractivity contribution is 6.16. The molecular weight excluding hydrogens is 398 g/mol. The minimum Gasteiger partial charge on any atom is -0.466 e. The van der Waals surface area contributed by atoms with Crippen molar-refractivity contribution in [3.05, 3.63) is 83.3 Å². The minimum absolute atomic E-state index is 0.0772. The van der Waals surface area contributed by atoms with E-state index in [1.54, 1.807) is 60.9 Å². The van der Waals surface area contributed by atoms with Gasteiger partial charge in [0.25, 0.3) is 0 Å². The fourth-order valence-electron chi connectivity index (χ4n) is 2.94. The molecule has 3 aromatic rings. The summed E-state index contributed by atoms with van der Waals surface area (Å²) in [5.41, 5.74) is 1.61. The molecule has 0 aliphatic carbocycles. The largest absolute Gasteiger partial charge is 0.466 e. The van der Waals surface area contributed by atoms with Crippen LogP contribution in [-0.2, 0) is 14.3 Å². The summed E-state index contributed by atoms with van der Waals surface area (Å²) in [6, 6.07) is 15.8. The predicted octanol–water partition coefficient (Wildman–Crippen LogP) is 4.25. The highest BCUT2D eigenvalue weighted by Gasteiger charge is 2.23. The number of methoxy groups -OCH3 is 2. The second-order valence-electron chi connectivity index (χ2n) is 6.48. The van der Waals surface area contributed by atoms with Crippen molar-refractivity contribution in [3.63, 3.8) is 0 Å². The molecule has 0 fully saturated rings. The van der Waals surface area contributed by atoms with Gasteiger partial charge in [0.15, 0.2) is 12.6 Å². The van der Waals surface area contributed by atoms with E-state index < -0.39 is 0 Å². The van der Waals surface area contributed by atoms with Crippen LogP contribution in [0.15, 0.2) is 65.3 Å². The summed E-state index contributed by atoms with van der Waals surface area (Å²) in [6.45, 7) is -0.223. The maximum absolute atomic E-state index is 13.4. The first-order valence-corrected chi connectivity index (χ1v) is 9.53. The van der Waals surface area contributed by atoms with Gasteiger partial charge >= 0.3 is 0 Å². The van der Waals surface area contributed by atoms with Gasteiger partial charge in [-0.05, 0) is 36.4 Å². The first-order chi connectivity index (χ1) is 15.1. The van der Waals surface area contributed by atoms with Crippen LogP contribution in [0.5, 0.6) is 5.75 Å². The molecule has 1 aromatic heterocycles. The molecule has 0 atom stereocenters. The number of amides is 1. The van der Waals surface area contributed by atoms with Gasteiger partial charge in [-0.15, -0.1) is 0 Å². The number of furan rings is 1. The van der Waals surface area contributed by atoms with Crippen LogP contribution in [0.2, 0.25) is 0 Å². The van der Waals surface area contributed by atoms with Gasteiger partial charge in [0, 0.05) is 25.3 Å². The fraction of sp³-hybridized carbons (Fsp3) is 0.167. The lowest BCUT2D eigenvalue weighted by atomic mass is 9.97. The number of carbonyl (C=O) groups excluding carboxylic acids is 2. The van der Waals surface area contributed by atoms with Crippen molar-refractivity contribution in [1.82, 2.24) is 0 Å². The van der Waals surface area contributed by atoms with E-state index in [9.17, 15) is 9.59 Å². The molecule has 0 aliphatic rings. The van der Waals surface area contributed by atoms with Gasteiger partial charge in [-0.3, -0.25) is 9.59 Å². The first kappa shape index (κ1) is 22.0. The Hall–Kier alpha value is -3.68. The van der Waals surface area contributed by atoms with Gasteiger partial charge in [0.1, 0.15) is 18.1 Å². The summed E-state index contributed by atoms with van der Waals surface area (Å²) in [7, 11) is 2.91. The number of rotatable bonds is 10. The van der Waals surface area contributed by atoms with Crippen LogP contribution in [0.4, 0.5) is 5.69 Å². The van der Waals surface area contributed by atoms with Crippen molar-refractivity contribution in [2.75, 3.05) is 32.9 Å². The maximum atomic E-state index is 13.4. The van der Waals surface area contributed by atoms with E-state index in [1.165, 1.54) is 14.2 Å². The van der Waals surface area contributed by atoms with Crippen LogP contribution in [0.25, 0.3) is 12.2 Å². The third-order valence-corrected chi connectivity index (χ3v) is 4.29. The number of hydrogen-bond acceptors (Lipinski definition) is 6. The van der Waals surface area contributed by atoms with Crippen LogP contribution in [0.3, 0.4) is 0 Å². The zero-order valence-corrected chi connectivity index (χ0v) is 17.3. The highest BCUT2D eigenvalue weighted by atomic mass is 16.7. The van der Waals surface area contributed by atoms with Crippen molar-refractivity contribution in [2.24, 2.45) is 0 Å². The number of carbonyl (C=O) groups is 2. The van der Waals surface area contributed by atoms with Crippen molar-refractivity contribution < 1.29 is 28.2 Å². The molecule has 0 saturated carbocycles. The number of ketones is 1. The molecule has 0 aliphatic heterocycles. The fourth-order valence-corrected chi connectivity index (χ4v) is 2.94. The van der Waals surface area contributed by atoms with E-state index in [1.807, 2.05) is 12.1 Å². The third-order valence-electron chi connectivity index (χ3n) is 4.29. The lowest BCUT2D eigenvalue weighted by Gasteiger charge is -2.18. The Morgan fingerprint density at radius 3 is 2.45 bits per heavy atom. The molecule has 3 rings (SSSR count). The Bertz CT molecular complexity index is 1040. The molecule has 1 N–H and O–H groups in total. The van der Waals surface area contributed by atoms with Crippen LogP contribution in [0.1, 0.15) is 27.2 Å². The number of ether oxygens (including phenoxy) is 3. The number of anilines is 1. The number of nitrogens with one attached hydrogen (secondary N) is 1. The van der Waals surface area contributed by atoms with E-state index in [-0.39, 0.29) is 36.4 Å². The molecule has 2 aromatic carbocycles. The Morgan fingerprint density at radius 1 is 0.968 bits per heavy atom. The van der Waals surface area contributed by atoms with Gasteiger partial charge in [-0.2, -0.15) is 0 Å². The molecule has 0 bridgehead atoms. The van der Waals surface area contributed by atoms with E-state index >= 15 is 0 Å². The lowest BCUT2D eigenvalue weighted by Crippen LogP contribution is -2.20. The molecule has 0 spiro atoms. The summed E-state index contributed by atoms with van der Waals surface area (Å²) in [5.74, 6) is 0.244. The van der Waals surface area contributed by atoms with Crippen molar-refractivity contribution in [3.8, 4) is 5.75 Å². The molecule has 7 nitrogen and oxygen atoms in total. The molecule has 1 heterocycles. The minimum atomic E-state index is -0.388. The van der Waals surface area contributed by atoms with Crippen molar-refractivity contribution >= 4 is 29.5 Å². The molecule has 31 heavy (non-hydrogen) atoms. The highest BCUT2D eigenvalue weighted by Crippen LogP contribution is 2.34. The molecule has 1 amide bonds. The van der Waals surface area contributed by atoms with Crippen LogP contribution in [0, 0.1) is 0 Å². The average molecular weight is 421 g/mol. The summed E-state index contributed by atoms with van der Waals surface area (Å²) in [5, 5.41) is 2.73. The molecule has 0 radical (unpaired) electrons. The van der Waals surface area contributed by atoms with E-state index in [4.69, 9.17) is 18.6 Å². The van der Waals surface area contributed by atoms with Crippen molar-refractivity contribution in [1.29, 1.82) is 0 Å². The Morgan fingerprint density at radius 2 is 1.77 bits per heavy atom. The molecule has 7 heteroatoms. The zero-order valence-electron chi connectivity index (χ0n) is 17.3. The second-order valence-corrected chi connectivity index (χ2v) is 6.48. The van der Waals surface area contributed by atoms with Crippen LogP contribution in [-0.4, -0.2) is 39.3 Å². The molecule has 0 unspecified atom stereocenters. The topological polar surface area (TPSA) is 87.0 Å². The molecule has 160 valence electrons. The van der Waals surface area contributed by atoms with Crippen molar-refractivity contribution in [2.45, 2.75) is 0 Å². The van der Waals surface area contributed by atoms with Gasteiger partial charge in [0.2, 0.25) is 5.91 Å². The summed E-state index contributed by atoms with van der Waals surface area (Å²) in [4.78, 5) is 25.6. The standard InChI is InChI=1S/C24H23NO6/c1-28-15-21(26)25-20-13-11-18(10-12-19-9-6-14-30-19)24(31-16-29-2)22(20)23(27)17-7-4-3-5-8-17/h3-14H,15-16H2,1-2H3,(H,25,26). The Balaban J connectivity index is 2.12. The number of benzene rings is 2. The summed E-state index contributed by atoms with van der Waals surface area (Å²) >= 11 is 0. The van der Waals surface area contributed by atoms with Gasteiger partial charge in [-0.1, -0.05) is 30.3 Å².